The molecule has 1 atom stereocenters. The summed E-state index contributed by atoms with van der Waals surface area (Å²) in [7, 11) is 4.73. The van der Waals surface area contributed by atoms with Gasteiger partial charge in [-0.2, -0.15) is 4.98 Å². The number of nitrogens with one attached hydrogen (secondary N) is 1. The van der Waals surface area contributed by atoms with Crippen LogP contribution in [0.1, 0.15) is 24.1 Å². The molecule has 2 heterocycles. The number of carbonyl (C=O) groups is 1. The van der Waals surface area contributed by atoms with E-state index in [0.717, 1.165) is 11.1 Å². The van der Waals surface area contributed by atoms with Crippen LogP contribution in [0, 0.1) is 0 Å². The third kappa shape index (κ3) is 5.08. The van der Waals surface area contributed by atoms with Gasteiger partial charge in [0.05, 0.1) is 26.9 Å². The van der Waals surface area contributed by atoms with E-state index in [0.29, 0.717) is 58.2 Å². The lowest BCUT2D eigenvalue weighted by Crippen LogP contribution is -2.31. The van der Waals surface area contributed by atoms with Crippen LogP contribution in [0.2, 0.25) is 0 Å². The molecule has 0 aliphatic carbocycles. The molecule has 10 nitrogen and oxygen atoms in total. The monoisotopic (exact) mass is 527 g/mol. The van der Waals surface area contributed by atoms with Crippen molar-refractivity contribution in [2.75, 3.05) is 26.6 Å². The van der Waals surface area contributed by atoms with Crippen molar-refractivity contribution in [3.05, 3.63) is 89.1 Å². The Morgan fingerprint density at radius 3 is 2.31 bits per heavy atom. The number of benzene rings is 3. The Kier molecular flexibility index (Phi) is 7.09. The van der Waals surface area contributed by atoms with Crippen LogP contribution >= 0.6 is 0 Å². The number of hydrogen-bond donors (Lipinski definition) is 2. The molecule has 10 heteroatoms. The molecule has 0 spiro atoms. The predicted octanol–water partition coefficient (Wildman–Crippen LogP) is 4.32. The quantitative estimate of drug-likeness (QED) is 0.330. The Balaban J connectivity index is 1.55. The van der Waals surface area contributed by atoms with Crippen LogP contribution in [0.3, 0.4) is 0 Å². The number of nitrogens with zero attached hydrogens (tertiary/aromatic N) is 3. The first kappa shape index (κ1) is 25.7. The van der Waals surface area contributed by atoms with Crippen LogP contribution in [-0.4, -0.2) is 42.0 Å². The zero-order valence-electron chi connectivity index (χ0n) is 22.1. The molecule has 0 radical (unpaired) electrons. The minimum absolute atomic E-state index is 0.363. The minimum atomic E-state index is -0.649. The van der Waals surface area contributed by atoms with Crippen LogP contribution in [0.4, 0.5) is 5.95 Å². The lowest BCUT2D eigenvalue weighted by molar-refractivity contribution is -0.115. The Morgan fingerprint density at radius 1 is 0.949 bits per heavy atom. The number of methoxy groups -OCH3 is 3. The number of aromatic nitrogens is 3. The Morgan fingerprint density at radius 2 is 1.67 bits per heavy atom. The van der Waals surface area contributed by atoms with Gasteiger partial charge in [-0.25, -0.2) is 4.68 Å². The first-order valence-corrected chi connectivity index (χ1v) is 12.2. The summed E-state index contributed by atoms with van der Waals surface area (Å²) in [6.45, 7) is 2.17. The number of rotatable bonds is 9. The van der Waals surface area contributed by atoms with Crippen molar-refractivity contribution in [2.45, 2.75) is 19.6 Å². The molecular formula is C29H29N5O5. The average molecular weight is 528 g/mol. The summed E-state index contributed by atoms with van der Waals surface area (Å²) >= 11 is 0. The molecule has 0 fully saturated rings. The van der Waals surface area contributed by atoms with E-state index in [4.69, 9.17) is 34.8 Å². The fraction of sp³-hybridized carbons (Fsp3) is 0.207. The van der Waals surface area contributed by atoms with Gasteiger partial charge in [-0.1, -0.05) is 36.4 Å². The van der Waals surface area contributed by atoms with Gasteiger partial charge in [0.2, 0.25) is 11.9 Å². The van der Waals surface area contributed by atoms with Gasteiger partial charge in [-0.15, -0.1) is 5.10 Å². The second-order valence-corrected chi connectivity index (χ2v) is 8.92. The van der Waals surface area contributed by atoms with Gasteiger partial charge in [0, 0.05) is 17.3 Å². The van der Waals surface area contributed by atoms with Crippen molar-refractivity contribution in [1.29, 1.82) is 0 Å². The molecule has 39 heavy (non-hydrogen) atoms. The number of primary amides is 1. The summed E-state index contributed by atoms with van der Waals surface area (Å²) in [6, 6.07) is 20.1. The number of hydrogen-bond acceptors (Lipinski definition) is 8. The number of ether oxygens (including phenoxy) is 4. The number of allylic oxidation sites excluding steroid dienone is 1. The molecule has 3 aromatic carbocycles. The van der Waals surface area contributed by atoms with Crippen LogP contribution in [0.15, 0.2) is 78.0 Å². The molecule has 1 aliphatic rings. The smallest absolute Gasteiger partial charge is 0.248 e. The third-order valence-corrected chi connectivity index (χ3v) is 6.47. The van der Waals surface area contributed by atoms with Crippen LogP contribution in [0.25, 0.3) is 11.4 Å². The van der Waals surface area contributed by atoms with Crippen molar-refractivity contribution in [2.24, 2.45) is 5.73 Å². The number of amides is 1. The predicted molar refractivity (Wildman–Crippen MR) is 146 cm³/mol. The fourth-order valence-electron chi connectivity index (χ4n) is 4.55. The molecule has 0 saturated carbocycles. The van der Waals surface area contributed by atoms with Gasteiger partial charge in [0.15, 0.2) is 17.3 Å². The first-order chi connectivity index (χ1) is 18.9. The SMILES string of the molecule is COc1cc(OC)cc(-c2nc3n(n2)C(c2ccc(OCc4ccccc4)c(OC)c2)C(C(N)=O)=C(C)N3)c1. The van der Waals surface area contributed by atoms with Gasteiger partial charge in [-0.05, 0) is 42.3 Å². The van der Waals surface area contributed by atoms with Gasteiger partial charge >= 0.3 is 0 Å². The van der Waals surface area contributed by atoms with Gasteiger partial charge in [0.1, 0.15) is 24.1 Å². The van der Waals surface area contributed by atoms with E-state index in [1.807, 2.05) is 60.7 Å². The largest absolute Gasteiger partial charge is 0.497 e. The maximum Gasteiger partial charge on any atom is 0.248 e. The average Bonchev–Trinajstić information content (AvgIpc) is 3.39. The Hall–Kier alpha value is -4.99. The normalized spacial score (nSPS) is 14.3. The van der Waals surface area contributed by atoms with Crippen molar-refractivity contribution in [1.82, 2.24) is 14.8 Å². The summed E-state index contributed by atoms with van der Waals surface area (Å²) < 4.78 is 24.1. The minimum Gasteiger partial charge on any atom is -0.497 e. The van der Waals surface area contributed by atoms with E-state index >= 15 is 0 Å². The molecule has 1 unspecified atom stereocenters. The van der Waals surface area contributed by atoms with E-state index in [1.165, 1.54) is 0 Å². The summed E-state index contributed by atoms with van der Waals surface area (Å²) in [4.78, 5) is 17.4. The van der Waals surface area contributed by atoms with Crippen LogP contribution < -0.4 is 30.0 Å². The number of anilines is 1. The Bertz CT molecular complexity index is 1520. The summed E-state index contributed by atoms with van der Waals surface area (Å²) in [6.07, 6.45) is 0. The van der Waals surface area contributed by atoms with E-state index in [1.54, 1.807) is 39.0 Å². The van der Waals surface area contributed by atoms with Crippen LogP contribution in [-0.2, 0) is 11.4 Å². The lowest BCUT2D eigenvalue weighted by atomic mass is 9.95. The fourth-order valence-corrected chi connectivity index (χ4v) is 4.55. The molecule has 5 rings (SSSR count). The number of fused-ring (bicyclic) bond motifs is 1. The highest BCUT2D eigenvalue weighted by Gasteiger charge is 2.34. The summed E-state index contributed by atoms with van der Waals surface area (Å²) in [5.74, 6) is 2.61. The standard InChI is InChI=1S/C29H29N5O5/c1-17-25(27(30)35)26(19-10-11-23(24(14-19)38-4)39-16-18-8-6-5-7-9-18)34-29(31-17)32-28(33-34)20-12-21(36-2)15-22(13-20)37-3/h5-15,26H,16H2,1-4H3,(H2,30,35)(H,31,32,33). The summed E-state index contributed by atoms with van der Waals surface area (Å²) in [5, 5.41) is 7.94. The van der Waals surface area contributed by atoms with E-state index in [2.05, 4.69) is 5.32 Å². The zero-order chi connectivity index (χ0) is 27.5. The number of carbonyl (C=O) groups excluding carboxylic acids is 1. The van der Waals surface area contributed by atoms with Crippen molar-refractivity contribution < 1.29 is 23.7 Å². The molecule has 1 aliphatic heterocycles. The molecule has 1 aromatic heterocycles. The molecule has 200 valence electrons. The first-order valence-electron chi connectivity index (χ1n) is 12.2. The second-order valence-electron chi connectivity index (χ2n) is 8.92. The maximum absolute atomic E-state index is 12.7. The topological polar surface area (TPSA) is 123 Å². The van der Waals surface area contributed by atoms with Crippen molar-refractivity contribution >= 4 is 11.9 Å². The highest BCUT2D eigenvalue weighted by Crippen LogP contribution is 2.40. The Labute approximate surface area is 226 Å². The zero-order valence-corrected chi connectivity index (χ0v) is 22.1. The highest BCUT2D eigenvalue weighted by molar-refractivity contribution is 5.95. The van der Waals surface area contributed by atoms with Gasteiger partial charge in [-0.3, -0.25) is 4.79 Å². The molecular weight excluding hydrogens is 498 g/mol. The van der Waals surface area contributed by atoms with Crippen molar-refractivity contribution in [3.63, 3.8) is 0 Å². The second kappa shape index (κ2) is 10.8. The van der Waals surface area contributed by atoms with Crippen molar-refractivity contribution in [3.8, 4) is 34.4 Å². The summed E-state index contributed by atoms with van der Waals surface area (Å²) in [5.41, 5.74) is 9.27. The van der Waals surface area contributed by atoms with E-state index in [-0.39, 0.29) is 0 Å². The van der Waals surface area contributed by atoms with Crippen LogP contribution in [0.5, 0.6) is 23.0 Å². The molecule has 0 bridgehead atoms. The molecule has 3 N–H and O–H groups in total. The third-order valence-electron chi connectivity index (χ3n) is 6.47. The highest BCUT2D eigenvalue weighted by atomic mass is 16.5. The van der Waals surface area contributed by atoms with Gasteiger partial charge in [0.25, 0.3) is 0 Å². The van der Waals surface area contributed by atoms with E-state index < -0.39 is 11.9 Å². The maximum atomic E-state index is 12.7. The lowest BCUT2D eigenvalue weighted by Gasteiger charge is -2.28. The molecule has 1 amide bonds. The van der Waals surface area contributed by atoms with Gasteiger partial charge < -0.3 is 30.0 Å². The molecule has 4 aromatic rings. The number of nitrogens with two attached hydrogens (primary N) is 1. The molecule has 0 saturated heterocycles. The van der Waals surface area contributed by atoms with E-state index in [9.17, 15) is 4.79 Å².